The van der Waals surface area contributed by atoms with E-state index in [1.807, 2.05) is 46.4 Å². The van der Waals surface area contributed by atoms with Gasteiger partial charge in [0.2, 0.25) is 0 Å². The number of pyridine rings is 1. The monoisotopic (exact) mass is 258 g/mol. The van der Waals surface area contributed by atoms with Crippen LogP contribution in [0, 0.1) is 12.3 Å². The first-order valence-corrected chi connectivity index (χ1v) is 6.35. The van der Waals surface area contributed by atoms with Crippen molar-refractivity contribution in [2.45, 2.75) is 52.6 Å². The van der Waals surface area contributed by atoms with Crippen LogP contribution in [0.2, 0.25) is 0 Å². The summed E-state index contributed by atoms with van der Waals surface area (Å²) in [4.78, 5) is 18.8. The van der Waals surface area contributed by atoms with Crippen LogP contribution in [0.1, 0.15) is 57.6 Å². The van der Waals surface area contributed by atoms with Crippen LogP contribution >= 0.6 is 0 Å². The lowest BCUT2D eigenvalue weighted by Gasteiger charge is -2.45. The number of nitrogens with zero attached hydrogens (tertiary/aromatic N) is 2. The molecule has 1 heterocycles. The van der Waals surface area contributed by atoms with Gasteiger partial charge in [-0.1, -0.05) is 5.92 Å². The van der Waals surface area contributed by atoms with Crippen molar-refractivity contribution in [3.8, 4) is 12.3 Å². The minimum Gasteiger partial charge on any atom is -0.328 e. The van der Waals surface area contributed by atoms with Crippen molar-refractivity contribution in [2.24, 2.45) is 0 Å². The van der Waals surface area contributed by atoms with Crippen molar-refractivity contribution in [3.05, 3.63) is 29.6 Å². The second kappa shape index (κ2) is 5.05. The molecule has 1 amide bonds. The van der Waals surface area contributed by atoms with Gasteiger partial charge in [0.25, 0.3) is 5.91 Å². The first-order valence-electron chi connectivity index (χ1n) is 6.35. The summed E-state index contributed by atoms with van der Waals surface area (Å²) in [6.07, 6.45) is 7.04. The van der Waals surface area contributed by atoms with Crippen LogP contribution in [0.15, 0.2) is 18.3 Å². The molecule has 0 radical (unpaired) electrons. The van der Waals surface area contributed by atoms with E-state index < -0.39 is 0 Å². The number of carbonyl (C=O) groups excluding carboxylic acids is 1. The van der Waals surface area contributed by atoms with E-state index >= 15 is 0 Å². The first kappa shape index (κ1) is 15.2. The molecule has 1 rings (SSSR count). The third-order valence-corrected chi connectivity index (χ3v) is 2.71. The van der Waals surface area contributed by atoms with Gasteiger partial charge in [-0.15, -0.1) is 6.42 Å². The molecule has 0 atom stereocenters. The van der Waals surface area contributed by atoms with E-state index in [1.165, 1.54) is 0 Å². The van der Waals surface area contributed by atoms with Crippen LogP contribution in [0.3, 0.4) is 0 Å². The Hall–Kier alpha value is -1.82. The van der Waals surface area contributed by atoms with Gasteiger partial charge >= 0.3 is 0 Å². The Kier molecular flexibility index (Phi) is 4.05. The highest BCUT2D eigenvalue weighted by Gasteiger charge is 2.37. The number of aromatic nitrogens is 1. The van der Waals surface area contributed by atoms with Crippen LogP contribution in [-0.2, 0) is 0 Å². The lowest BCUT2D eigenvalue weighted by Crippen LogP contribution is -2.56. The van der Waals surface area contributed by atoms with E-state index in [0.29, 0.717) is 11.3 Å². The van der Waals surface area contributed by atoms with Gasteiger partial charge in [-0.05, 0) is 53.7 Å². The molecule has 0 bridgehead atoms. The highest BCUT2D eigenvalue weighted by atomic mass is 16.2. The molecule has 0 aromatic carbocycles. The van der Waals surface area contributed by atoms with E-state index in [-0.39, 0.29) is 17.0 Å². The molecule has 0 aliphatic heterocycles. The highest BCUT2D eigenvalue weighted by Crippen LogP contribution is 2.27. The number of rotatable bonds is 1. The maximum absolute atomic E-state index is 12.8. The van der Waals surface area contributed by atoms with Crippen LogP contribution in [0.4, 0.5) is 0 Å². The van der Waals surface area contributed by atoms with Crippen molar-refractivity contribution in [1.82, 2.24) is 9.88 Å². The molecule has 0 fully saturated rings. The van der Waals surface area contributed by atoms with Crippen LogP contribution in [-0.4, -0.2) is 26.9 Å². The molecule has 0 aliphatic carbocycles. The summed E-state index contributed by atoms with van der Waals surface area (Å²) in [5.41, 5.74) is 0.262. The predicted octanol–water partition coefficient (Wildman–Crippen LogP) is 3.10. The third kappa shape index (κ3) is 3.35. The topological polar surface area (TPSA) is 33.2 Å². The summed E-state index contributed by atoms with van der Waals surface area (Å²) in [5, 5.41) is 0. The van der Waals surface area contributed by atoms with Gasteiger partial charge in [0, 0.05) is 17.3 Å². The van der Waals surface area contributed by atoms with Crippen LogP contribution < -0.4 is 0 Å². The zero-order valence-electron chi connectivity index (χ0n) is 12.6. The summed E-state index contributed by atoms with van der Waals surface area (Å²) in [6.45, 7) is 12.1. The average Bonchev–Trinajstić information content (AvgIpc) is 2.24. The zero-order valence-corrected chi connectivity index (χ0v) is 12.6. The second-order valence-corrected chi connectivity index (χ2v) is 6.53. The molecule has 0 saturated heterocycles. The molecule has 1 aromatic rings. The largest absolute Gasteiger partial charge is 0.328 e. The molecule has 102 valence electrons. The van der Waals surface area contributed by atoms with E-state index in [2.05, 4.69) is 10.9 Å². The molecule has 0 unspecified atom stereocenters. The molecule has 0 N–H and O–H groups in total. The third-order valence-electron chi connectivity index (χ3n) is 2.71. The van der Waals surface area contributed by atoms with Crippen molar-refractivity contribution < 1.29 is 4.79 Å². The van der Waals surface area contributed by atoms with E-state index in [0.717, 1.165) is 0 Å². The predicted molar refractivity (Wildman–Crippen MR) is 77.8 cm³/mol. The summed E-state index contributed by atoms with van der Waals surface area (Å²) in [6, 6.07) is 3.48. The fraction of sp³-hybridized carbons (Fsp3) is 0.500. The highest BCUT2D eigenvalue weighted by molar-refractivity contribution is 5.95. The molecule has 3 heteroatoms. The molecule has 1 aromatic heterocycles. The van der Waals surface area contributed by atoms with Gasteiger partial charge in [-0.3, -0.25) is 4.79 Å². The van der Waals surface area contributed by atoms with Gasteiger partial charge in [0.05, 0.1) is 5.56 Å². The Balaban J connectivity index is 3.34. The summed E-state index contributed by atoms with van der Waals surface area (Å²) >= 11 is 0. The maximum Gasteiger partial charge on any atom is 0.274 e. The number of terminal acetylenes is 1. The van der Waals surface area contributed by atoms with E-state index in [4.69, 9.17) is 6.42 Å². The van der Waals surface area contributed by atoms with Crippen molar-refractivity contribution in [3.63, 3.8) is 0 Å². The Morgan fingerprint density at radius 3 is 2.16 bits per heavy atom. The molecule has 3 nitrogen and oxygen atoms in total. The van der Waals surface area contributed by atoms with Gasteiger partial charge in [-0.2, -0.15) is 0 Å². The number of hydrogen-bond acceptors (Lipinski definition) is 2. The molecular weight excluding hydrogens is 236 g/mol. The van der Waals surface area contributed by atoms with Gasteiger partial charge in [0.15, 0.2) is 0 Å². The normalized spacial score (nSPS) is 11.8. The fourth-order valence-corrected chi connectivity index (χ4v) is 2.41. The molecule has 19 heavy (non-hydrogen) atoms. The molecule has 0 spiro atoms. The second-order valence-electron chi connectivity index (χ2n) is 6.53. The first-order chi connectivity index (χ1) is 8.59. The summed E-state index contributed by atoms with van der Waals surface area (Å²) < 4.78 is 0. The van der Waals surface area contributed by atoms with Gasteiger partial charge < -0.3 is 4.90 Å². The molecule has 0 saturated carbocycles. The van der Waals surface area contributed by atoms with Crippen molar-refractivity contribution >= 4 is 5.91 Å². The average molecular weight is 258 g/mol. The van der Waals surface area contributed by atoms with Crippen LogP contribution in [0.5, 0.6) is 0 Å². The number of carbonyl (C=O) groups is 1. The number of amides is 1. The maximum atomic E-state index is 12.8. The Morgan fingerprint density at radius 2 is 1.74 bits per heavy atom. The quantitative estimate of drug-likeness (QED) is 0.725. The summed E-state index contributed by atoms with van der Waals surface area (Å²) in [5.74, 6) is 2.39. The van der Waals surface area contributed by atoms with Crippen molar-refractivity contribution in [1.29, 1.82) is 0 Å². The number of hydrogen-bond donors (Lipinski definition) is 0. The SMILES string of the molecule is C#Cc1cccnc1C(=O)N(C(C)(C)C)C(C)(C)C. The van der Waals surface area contributed by atoms with Gasteiger partial charge in [-0.25, -0.2) is 4.98 Å². The van der Waals surface area contributed by atoms with Gasteiger partial charge in [0.1, 0.15) is 5.69 Å². The zero-order chi connectivity index (χ0) is 14.8. The minimum atomic E-state index is -0.307. The molecular formula is C16H22N2O. The standard InChI is InChI=1S/C16H22N2O/c1-8-12-10-9-11-17-13(12)14(19)18(15(2,3)4)16(5,6)7/h1,9-11H,2-7H3. The Bertz CT molecular complexity index is 499. The fourth-order valence-electron chi connectivity index (χ4n) is 2.41. The van der Waals surface area contributed by atoms with E-state index in [9.17, 15) is 4.79 Å². The lowest BCUT2D eigenvalue weighted by atomic mass is 9.94. The smallest absolute Gasteiger partial charge is 0.274 e. The van der Waals surface area contributed by atoms with Crippen molar-refractivity contribution in [2.75, 3.05) is 0 Å². The Morgan fingerprint density at radius 1 is 1.21 bits per heavy atom. The lowest BCUT2D eigenvalue weighted by molar-refractivity contribution is 0.0264. The minimum absolute atomic E-state index is 0.131. The van der Waals surface area contributed by atoms with E-state index in [1.54, 1.807) is 18.3 Å². The molecule has 0 aliphatic rings. The van der Waals surface area contributed by atoms with Crippen LogP contribution in [0.25, 0.3) is 0 Å². The Labute approximate surface area is 116 Å². The summed E-state index contributed by atoms with van der Waals surface area (Å²) in [7, 11) is 0.